The van der Waals surface area contributed by atoms with Gasteiger partial charge in [-0.1, -0.05) is 5.21 Å². The molecule has 41 heavy (non-hydrogen) atoms. The Kier molecular flexibility index (Phi) is 9.17. The van der Waals surface area contributed by atoms with Gasteiger partial charge in [0.05, 0.1) is 42.0 Å². The lowest BCUT2D eigenvalue weighted by atomic mass is 10.1. The molecule has 13 heteroatoms. The third-order valence-electron chi connectivity index (χ3n) is 7.43. The number of benzene rings is 1. The summed E-state index contributed by atoms with van der Waals surface area (Å²) in [6.07, 6.45) is 3.64. The number of anilines is 2. The second-order valence-corrected chi connectivity index (χ2v) is 10.4. The number of ether oxygens (including phenoxy) is 1. The zero-order valence-electron chi connectivity index (χ0n) is 23.5. The predicted molar refractivity (Wildman–Crippen MR) is 152 cm³/mol. The van der Waals surface area contributed by atoms with Crippen molar-refractivity contribution in [1.82, 2.24) is 35.1 Å². The van der Waals surface area contributed by atoms with Gasteiger partial charge in [-0.3, -0.25) is 14.5 Å². The number of pyridine rings is 1. The molecule has 1 aromatic carbocycles. The number of rotatable bonds is 9. The van der Waals surface area contributed by atoms with Crippen LogP contribution in [0.1, 0.15) is 32.8 Å². The highest BCUT2D eigenvalue weighted by molar-refractivity contribution is 6.06. The van der Waals surface area contributed by atoms with Crippen LogP contribution >= 0.6 is 0 Å². The summed E-state index contributed by atoms with van der Waals surface area (Å²) in [4.78, 5) is 36.3. The van der Waals surface area contributed by atoms with Crippen LogP contribution in [0, 0.1) is 12.9 Å². The van der Waals surface area contributed by atoms with Crippen molar-refractivity contribution in [2.45, 2.75) is 13.3 Å². The van der Waals surface area contributed by atoms with Crippen molar-refractivity contribution in [3.8, 4) is 5.69 Å². The topological polar surface area (TPSA) is 121 Å². The van der Waals surface area contributed by atoms with E-state index in [2.05, 4.69) is 47.7 Å². The van der Waals surface area contributed by atoms with E-state index in [0.717, 1.165) is 71.1 Å². The van der Waals surface area contributed by atoms with E-state index >= 15 is 0 Å². The fourth-order valence-corrected chi connectivity index (χ4v) is 4.95. The van der Waals surface area contributed by atoms with Crippen LogP contribution in [0.25, 0.3) is 5.69 Å². The lowest BCUT2D eigenvalue weighted by molar-refractivity contribution is 0.0374. The number of carbonyl (C=O) groups is 2. The van der Waals surface area contributed by atoms with Crippen molar-refractivity contribution in [1.29, 1.82) is 0 Å². The molecule has 2 aliphatic rings. The van der Waals surface area contributed by atoms with Crippen LogP contribution in [0.5, 0.6) is 0 Å². The number of carbonyl (C=O) groups excluding carboxylic acids is 2. The Morgan fingerprint density at radius 3 is 2.59 bits per heavy atom. The molecule has 5 rings (SSSR count). The van der Waals surface area contributed by atoms with Crippen LogP contribution in [-0.4, -0.2) is 114 Å². The van der Waals surface area contributed by atoms with Crippen molar-refractivity contribution in [3.05, 3.63) is 59.4 Å². The Balaban J connectivity index is 1.30. The predicted octanol–water partition coefficient (Wildman–Crippen LogP) is 1.57. The van der Waals surface area contributed by atoms with E-state index in [1.807, 2.05) is 12.1 Å². The fraction of sp³-hybridized carbons (Fsp3) is 0.464. The van der Waals surface area contributed by atoms with Crippen LogP contribution in [-0.2, 0) is 4.74 Å². The molecule has 2 amide bonds. The standard InChI is InChI=1S/C28H36FN9O3/c1-20-16-26(29)31-18-22(20)27(39)32-23-17-21(4-5-25(23)37-10-8-35(2)9-11-37)38-19-24(33-34-38)28(40)30-6-3-7-36-12-14-41-15-13-36/h4-5,16-19H,3,6-15H2,1-2H3,(H,30,40)(H,32,39). The summed E-state index contributed by atoms with van der Waals surface area (Å²) in [5, 5.41) is 14.1. The van der Waals surface area contributed by atoms with E-state index < -0.39 is 11.9 Å². The summed E-state index contributed by atoms with van der Waals surface area (Å²) in [5.41, 5.74) is 3.05. The molecular formula is C28H36FN9O3. The minimum absolute atomic E-state index is 0.207. The minimum atomic E-state index is -0.637. The second-order valence-electron chi connectivity index (χ2n) is 10.4. The van der Waals surface area contributed by atoms with Gasteiger partial charge in [0.2, 0.25) is 5.95 Å². The third kappa shape index (κ3) is 7.23. The van der Waals surface area contributed by atoms with Crippen molar-refractivity contribution in [3.63, 3.8) is 0 Å². The third-order valence-corrected chi connectivity index (χ3v) is 7.43. The number of aryl methyl sites for hydroxylation is 1. The monoisotopic (exact) mass is 565 g/mol. The average molecular weight is 566 g/mol. The molecule has 4 heterocycles. The van der Waals surface area contributed by atoms with Crippen LogP contribution in [0.3, 0.4) is 0 Å². The van der Waals surface area contributed by atoms with Crippen molar-refractivity contribution in [2.75, 3.05) is 82.8 Å². The van der Waals surface area contributed by atoms with Crippen LogP contribution < -0.4 is 15.5 Å². The summed E-state index contributed by atoms with van der Waals surface area (Å²) < 4.78 is 20.4. The lowest BCUT2D eigenvalue weighted by Crippen LogP contribution is -2.44. The number of morpholine rings is 1. The van der Waals surface area contributed by atoms with E-state index in [-0.39, 0.29) is 17.2 Å². The quantitative estimate of drug-likeness (QED) is 0.294. The minimum Gasteiger partial charge on any atom is -0.379 e. The van der Waals surface area contributed by atoms with E-state index in [4.69, 9.17) is 4.74 Å². The highest BCUT2D eigenvalue weighted by atomic mass is 19.1. The maximum Gasteiger partial charge on any atom is 0.273 e. The number of likely N-dealkylation sites (N-methyl/N-ethyl adjacent to an activating group) is 1. The largest absolute Gasteiger partial charge is 0.379 e. The van der Waals surface area contributed by atoms with Gasteiger partial charge in [-0.25, -0.2) is 9.67 Å². The molecule has 0 atom stereocenters. The first-order valence-electron chi connectivity index (χ1n) is 13.9. The van der Waals surface area contributed by atoms with Crippen LogP contribution in [0.4, 0.5) is 15.8 Å². The molecular weight excluding hydrogens is 529 g/mol. The van der Waals surface area contributed by atoms with Crippen LogP contribution in [0.2, 0.25) is 0 Å². The number of piperazine rings is 1. The van der Waals surface area contributed by atoms with Gasteiger partial charge in [-0.05, 0) is 56.8 Å². The molecule has 2 N–H and O–H groups in total. The van der Waals surface area contributed by atoms with Gasteiger partial charge in [0, 0.05) is 52.0 Å². The maximum atomic E-state index is 13.5. The SMILES string of the molecule is Cc1cc(F)ncc1C(=O)Nc1cc(-n2cc(C(=O)NCCCN3CCOCC3)nn2)ccc1N1CCN(C)CC1. The van der Waals surface area contributed by atoms with E-state index in [1.54, 1.807) is 19.2 Å². The van der Waals surface area contributed by atoms with Gasteiger partial charge in [-0.15, -0.1) is 5.10 Å². The highest BCUT2D eigenvalue weighted by Gasteiger charge is 2.21. The summed E-state index contributed by atoms with van der Waals surface area (Å²) >= 11 is 0. The maximum absolute atomic E-state index is 13.5. The molecule has 0 aliphatic carbocycles. The molecule has 0 spiro atoms. The molecule has 2 saturated heterocycles. The number of amides is 2. The number of nitrogens with zero attached hydrogens (tertiary/aromatic N) is 7. The van der Waals surface area contributed by atoms with Gasteiger partial charge in [0.25, 0.3) is 11.8 Å². The summed E-state index contributed by atoms with van der Waals surface area (Å²) in [7, 11) is 2.08. The van der Waals surface area contributed by atoms with E-state index in [9.17, 15) is 14.0 Å². The summed E-state index contributed by atoms with van der Waals surface area (Å²) in [5.74, 6) is -1.32. The average Bonchev–Trinajstić information content (AvgIpc) is 3.47. The zero-order chi connectivity index (χ0) is 28.8. The Bertz CT molecular complexity index is 1370. The first-order chi connectivity index (χ1) is 19.9. The van der Waals surface area contributed by atoms with E-state index in [1.165, 1.54) is 16.9 Å². The zero-order valence-corrected chi connectivity index (χ0v) is 23.5. The van der Waals surface area contributed by atoms with Crippen molar-refractivity contribution >= 4 is 23.2 Å². The number of aromatic nitrogens is 4. The second kappa shape index (κ2) is 13.1. The lowest BCUT2D eigenvalue weighted by Gasteiger charge is -2.35. The molecule has 0 saturated carbocycles. The Morgan fingerprint density at radius 1 is 1.05 bits per heavy atom. The molecule has 2 fully saturated rings. The van der Waals surface area contributed by atoms with E-state index in [0.29, 0.717) is 23.5 Å². The Morgan fingerprint density at radius 2 is 1.83 bits per heavy atom. The number of nitrogens with one attached hydrogen (secondary N) is 2. The van der Waals surface area contributed by atoms with Gasteiger partial charge >= 0.3 is 0 Å². The smallest absolute Gasteiger partial charge is 0.273 e. The number of hydrogen-bond acceptors (Lipinski definition) is 9. The molecule has 218 valence electrons. The molecule has 12 nitrogen and oxygen atoms in total. The van der Waals surface area contributed by atoms with Gasteiger partial charge in [-0.2, -0.15) is 4.39 Å². The first kappa shape index (κ1) is 28.6. The molecule has 0 bridgehead atoms. The highest BCUT2D eigenvalue weighted by Crippen LogP contribution is 2.30. The van der Waals surface area contributed by atoms with Crippen LogP contribution in [0.15, 0.2) is 36.7 Å². The fourth-order valence-electron chi connectivity index (χ4n) is 4.95. The number of hydrogen-bond donors (Lipinski definition) is 2. The molecule has 0 unspecified atom stereocenters. The van der Waals surface area contributed by atoms with Crippen molar-refractivity contribution in [2.24, 2.45) is 0 Å². The summed E-state index contributed by atoms with van der Waals surface area (Å²) in [6, 6.07) is 6.85. The molecule has 2 aromatic heterocycles. The molecule has 0 radical (unpaired) electrons. The molecule has 3 aromatic rings. The first-order valence-corrected chi connectivity index (χ1v) is 13.9. The van der Waals surface area contributed by atoms with Gasteiger partial charge in [0.1, 0.15) is 0 Å². The van der Waals surface area contributed by atoms with Gasteiger partial charge < -0.3 is 25.2 Å². The van der Waals surface area contributed by atoms with Gasteiger partial charge in [0.15, 0.2) is 5.69 Å². The number of halogens is 1. The molecule has 2 aliphatic heterocycles. The summed E-state index contributed by atoms with van der Waals surface area (Å²) in [6.45, 7) is 9.83. The van der Waals surface area contributed by atoms with Crippen molar-refractivity contribution < 1.29 is 18.7 Å². The Labute approximate surface area is 238 Å². The normalized spacial score (nSPS) is 16.5. The Hall–Kier alpha value is -3.94.